The first-order valence-electron chi connectivity index (χ1n) is 3.17. The van der Waals surface area contributed by atoms with Crippen molar-refractivity contribution in [2.75, 3.05) is 0 Å². The number of nitrogens with two attached hydrogens (primary N) is 1. The molecule has 0 radical (unpaired) electrons. The van der Waals surface area contributed by atoms with Crippen molar-refractivity contribution in [3.63, 3.8) is 0 Å². The molecule has 12 heavy (non-hydrogen) atoms. The summed E-state index contributed by atoms with van der Waals surface area (Å²) in [4.78, 5) is 10.3. The number of nitrogens with one attached hydrogen (secondary N) is 1. The topological polar surface area (TPSA) is 71.8 Å². The van der Waals surface area contributed by atoms with Gasteiger partial charge in [-0.15, -0.1) is 12.4 Å². The highest BCUT2D eigenvalue weighted by molar-refractivity contribution is 5.90. The Hall–Kier alpha value is -1.29. The number of carbonyl (C=O) groups excluding carboxylic acids is 1. The van der Waals surface area contributed by atoms with Crippen molar-refractivity contribution < 1.29 is 4.79 Å². The molecule has 0 fully saturated rings. The van der Waals surface area contributed by atoms with E-state index in [1.807, 2.05) is 6.92 Å². The van der Waals surface area contributed by atoms with E-state index in [1.54, 1.807) is 12.3 Å². The Bertz CT molecular complexity index is 293. The zero-order valence-corrected chi connectivity index (χ0v) is 7.39. The van der Waals surface area contributed by atoms with Gasteiger partial charge in [-0.3, -0.25) is 9.89 Å². The average Bonchev–Trinajstić information content (AvgIpc) is 2.31. The predicted octanol–water partition coefficient (Wildman–Crippen LogP) is 0.638. The minimum Gasteiger partial charge on any atom is -0.366 e. The van der Waals surface area contributed by atoms with Crippen LogP contribution in [0.15, 0.2) is 12.3 Å². The summed E-state index contributed by atoms with van der Waals surface area (Å²) in [6.07, 6.45) is 4.56. The van der Waals surface area contributed by atoms with Gasteiger partial charge in [0.1, 0.15) is 0 Å². The molecule has 0 aromatic carbocycles. The van der Waals surface area contributed by atoms with Crippen molar-refractivity contribution in [1.29, 1.82) is 0 Å². The molecule has 0 bridgehead atoms. The summed E-state index contributed by atoms with van der Waals surface area (Å²) in [5.41, 5.74) is 6.70. The quantitative estimate of drug-likeness (QED) is 0.667. The molecule has 0 spiro atoms. The molecule has 4 nitrogen and oxygen atoms in total. The van der Waals surface area contributed by atoms with E-state index in [4.69, 9.17) is 5.73 Å². The van der Waals surface area contributed by atoms with E-state index in [0.29, 0.717) is 0 Å². The molecule has 0 aliphatic rings. The number of aromatic amines is 1. The third-order valence-corrected chi connectivity index (χ3v) is 1.30. The van der Waals surface area contributed by atoms with Crippen LogP contribution >= 0.6 is 12.4 Å². The van der Waals surface area contributed by atoms with E-state index in [1.165, 1.54) is 6.08 Å². The van der Waals surface area contributed by atoms with Crippen molar-refractivity contribution in [2.45, 2.75) is 6.92 Å². The molecule has 3 N–H and O–H groups in total. The van der Waals surface area contributed by atoms with Crippen LogP contribution in [-0.2, 0) is 4.79 Å². The SMILES string of the molecule is Cc1[nH]ncc1/C=C\C(N)=O.Cl. The van der Waals surface area contributed by atoms with Gasteiger partial charge in [0.2, 0.25) is 5.91 Å². The third kappa shape index (κ3) is 2.75. The second kappa shape index (κ2) is 4.56. The summed E-state index contributed by atoms with van der Waals surface area (Å²) in [5.74, 6) is -0.453. The molecule has 1 heterocycles. The molecule has 1 aromatic heterocycles. The summed E-state index contributed by atoms with van der Waals surface area (Å²) in [6.45, 7) is 1.87. The number of primary amides is 1. The molecule has 0 saturated heterocycles. The number of hydrogen-bond acceptors (Lipinski definition) is 2. The van der Waals surface area contributed by atoms with Crippen LogP contribution < -0.4 is 5.73 Å². The zero-order valence-electron chi connectivity index (χ0n) is 6.57. The van der Waals surface area contributed by atoms with E-state index in [-0.39, 0.29) is 12.4 Å². The number of amides is 1. The molecular formula is C7H10ClN3O. The van der Waals surface area contributed by atoms with Gasteiger partial charge in [0.25, 0.3) is 0 Å². The maximum Gasteiger partial charge on any atom is 0.241 e. The molecule has 0 unspecified atom stereocenters. The van der Waals surface area contributed by atoms with Gasteiger partial charge in [-0.2, -0.15) is 5.10 Å². The molecule has 5 heteroatoms. The average molecular weight is 188 g/mol. The minimum absolute atomic E-state index is 0. The summed E-state index contributed by atoms with van der Waals surface area (Å²) in [7, 11) is 0. The van der Waals surface area contributed by atoms with Crippen molar-refractivity contribution in [3.05, 3.63) is 23.5 Å². The lowest BCUT2D eigenvalue weighted by Crippen LogP contribution is -2.05. The highest BCUT2D eigenvalue weighted by atomic mass is 35.5. The van der Waals surface area contributed by atoms with E-state index < -0.39 is 5.91 Å². The molecule has 1 aromatic rings. The van der Waals surface area contributed by atoms with E-state index in [9.17, 15) is 4.79 Å². The Kier molecular flexibility index (Phi) is 4.07. The predicted molar refractivity (Wildman–Crippen MR) is 48.8 cm³/mol. The fourth-order valence-electron chi connectivity index (χ4n) is 0.700. The molecule has 0 saturated carbocycles. The number of hydrogen-bond donors (Lipinski definition) is 2. The van der Waals surface area contributed by atoms with Crippen LogP contribution in [0.2, 0.25) is 0 Å². The van der Waals surface area contributed by atoms with Crippen molar-refractivity contribution in [1.82, 2.24) is 10.2 Å². The van der Waals surface area contributed by atoms with Gasteiger partial charge in [0, 0.05) is 17.3 Å². The maximum absolute atomic E-state index is 10.3. The summed E-state index contributed by atoms with van der Waals surface area (Å²) < 4.78 is 0. The second-order valence-electron chi connectivity index (χ2n) is 2.19. The van der Waals surface area contributed by atoms with E-state index in [0.717, 1.165) is 11.3 Å². The third-order valence-electron chi connectivity index (χ3n) is 1.30. The van der Waals surface area contributed by atoms with Crippen molar-refractivity contribution in [2.24, 2.45) is 5.73 Å². The standard InChI is InChI=1S/C7H9N3O.ClH/c1-5-6(4-9-10-5)2-3-7(8)11;/h2-4H,1H3,(H2,8,11)(H,9,10);1H/b3-2-;. The van der Waals surface area contributed by atoms with Crippen LogP contribution in [0.1, 0.15) is 11.3 Å². The van der Waals surface area contributed by atoms with Gasteiger partial charge >= 0.3 is 0 Å². The van der Waals surface area contributed by atoms with Gasteiger partial charge < -0.3 is 5.73 Å². The highest BCUT2D eigenvalue weighted by Gasteiger charge is 1.94. The van der Waals surface area contributed by atoms with Gasteiger partial charge in [0.05, 0.1) is 6.20 Å². The van der Waals surface area contributed by atoms with Crippen molar-refractivity contribution in [3.8, 4) is 0 Å². The van der Waals surface area contributed by atoms with E-state index >= 15 is 0 Å². The van der Waals surface area contributed by atoms with Crippen LogP contribution in [-0.4, -0.2) is 16.1 Å². The number of carbonyl (C=O) groups is 1. The number of rotatable bonds is 2. The molecular weight excluding hydrogens is 178 g/mol. The first kappa shape index (κ1) is 10.7. The van der Waals surface area contributed by atoms with Gasteiger partial charge in [-0.1, -0.05) is 0 Å². The second-order valence-corrected chi connectivity index (χ2v) is 2.19. The van der Waals surface area contributed by atoms with Crippen LogP contribution in [0, 0.1) is 6.92 Å². The Morgan fingerprint density at radius 2 is 2.42 bits per heavy atom. The lowest BCUT2D eigenvalue weighted by Gasteiger charge is -1.85. The first-order valence-corrected chi connectivity index (χ1v) is 3.17. The van der Waals surface area contributed by atoms with Crippen LogP contribution in [0.4, 0.5) is 0 Å². The fraction of sp³-hybridized carbons (Fsp3) is 0.143. The highest BCUT2D eigenvalue weighted by Crippen LogP contribution is 2.03. The number of nitrogens with zero attached hydrogens (tertiary/aromatic N) is 1. The molecule has 0 aliphatic heterocycles. The molecule has 66 valence electrons. The Morgan fingerprint density at radius 1 is 1.75 bits per heavy atom. The molecule has 0 atom stereocenters. The van der Waals surface area contributed by atoms with E-state index in [2.05, 4.69) is 10.2 Å². The fourth-order valence-corrected chi connectivity index (χ4v) is 0.700. The number of aromatic nitrogens is 2. The molecule has 0 aliphatic carbocycles. The lowest BCUT2D eigenvalue weighted by atomic mass is 10.2. The van der Waals surface area contributed by atoms with Gasteiger partial charge in [-0.25, -0.2) is 0 Å². The number of H-pyrrole nitrogens is 1. The molecule has 1 rings (SSSR count). The summed E-state index contributed by atoms with van der Waals surface area (Å²) >= 11 is 0. The van der Waals surface area contributed by atoms with Crippen molar-refractivity contribution >= 4 is 24.4 Å². The lowest BCUT2D eigenvalue weighted by molar-refractivity contribution is -0.113. The van der Waals surface area contributed by atoms with Gasteiger partial charge in [0.15, 0.2) is 0 Å². The zero-order chi connectivity index (χ0) is 8.27. The Balaban J connectivity index is 0.00000121. The minimum atomic E-state index is -0.453. The smallest absolute Gasteiger partial charge is 0.241 e. The van der Waals surface area contributed by atoms with Gasteiger partial charge in [-0.05, 0) is 13.0 Å². The summed E-state index contributed by atoms with van der Waals surface area (Å²) in [5, 5.41) is 6.51. The van der Waals surface area contributed by atoms with Crippen LogP contribution in [0.25, 0.3) is 6.08 Å². The monoisotopic (exact) mass is 187 g/mol. The largest absolute Gasteiger partial charge is 0.366 e. The number of aryl methyl sites for hydroxylation is 1. The van der Waals surface area contributed by atoms with Crippen LogP contribution in [0.3, 0.4) is 0 Å². The van der Waals surface area contributed by atoms with Crippen LogP contribution in [0.5, 0.6) is 0 Å². The first-order chi connectivity index (χ1) is 5.20. The summed E-state index contributed by atoms with van der Waals surface area (Å²) in [6, 6.07) is 0. The number of halogens is 1. The Morgan fingerprint density at radius 3 is 2.83 bits per heavy atom. The molecule has 1 amide bonds. The maximum atomic E-state index is 10.3. The Labute approximate surface area is 76.3 Å². The normalized spacial score (nSPS) is 9.75.